The van der Waals surface area contributed by atoms with E-state index in [0.717, 1.165) is 57.3 Å². The highest BCUT2D eigenvalue weighted by Crippen LogP contribution is 2.46. The zero-order valence-electron chi connectivity index (χ0n) is 16.5. The van der Waals surface area contributed by atoms with Crippen molar-refractivity contribution < 1.29 is 14.3 Å². The smallest absolute Gasteiger partial charge is 0.410 e. The van der Waals surface area contributed by atoms with Crippen LogP contribution in [0.2, 0.25) is 0 Å². The molecule has 2 unspecified atom stereocenters. The van der Waals surface area contributed by atoms with Gasteiger partial charge in [-0.25, -0.2) is 4.79 Å². The van der Waals surface area contributed by atoms with Crippen molar-refractivity contribution in [1.29, 1.82) is 0 Å². The fourth-order valence-corrected chi connectivity index (χ4v) is 6.08. The van der Waals surface area contributed by atoms with E-state index in [1.165, 1.54) is 5.56 Å². The van der Waals surface area contributed by atoms with Gasteiger partial charge in [0.1, 0.15) is 0 Å². The molecule has 0 saturated carbocycles. The van der Waals surface area contributed by atoms with Gasteiger partial charge in [-0.05, 0) is 70.2 Å². The van der Waals surface area contributed by atoms with Crippen LogP contribution in [0.3, 0.4) is 0 Å². The zero-order valence-corrected chi connectivity index (χ0v) is 16.5. The Labute approximate surface area is 166 Å². The number of nitrogens with one attached hydrogen (secondary N) is 1. The topological polar surface area (TPSA) is 61.9 Å². The maximum Gasteiger partial charge on any atom is 0.410 e. The zero-order chi connectivity index (χ0) is 19.3. The standard InChI is InChI=1S/C22H29N3O3/c1-2-28-21(27)25-15-7-8-16(25)14-17(13-15)24-11-9-22(10-12-24)18-5-3-4-6-19(18)23-20(22)26/h3-6,15-17H,2,7-14H2,1H3,(H,23,26). The number of piperidine rings is 2. The van der Waals surface area contributed by atoms with Crippen molar-refractivity contribution >= 4 is 17.7 Å². The molecule has 2 amide bonds. The Kier molecular flexibility index (Phi) is 4.34. The van der Waals surface area contributed by atoms with Gasteiger partial charge in [0.05, 0.1) is 12.0 Å². The number of carbonyl (C=O) groups excluding carboxylic acids is 2. The predicted octanol–water partition coefficient (Wildman–Crippen LogP) is 3.12. The van der Waals surface area contributed by atoms with Crippen LogP contribution < -0.4 is 5.32 Å². The summed E-state index contributed by atoms with van der Waals surface area (Å²) in [6, 6.07) is 9.29. The van der Waals surface area contributed by atoms with Gasteiger partial charge in [0.15, 0.2) is 0 Å². The van der Waals surface area contributed by atoms with Gasteiger partial charge in [0, 0.05) is 23.8 Å². The Balaban J connectivity index is 1.27. The Morgan fingerprint density at radius 3 is 2.50 bits per heavy atom. The quantitative estimate of drug-likeness (QED) is 0.852. The number of amides is 2. The fourth-order valence-electron chi connectivity index (χ4n) is 6.08. The van der Waals surface area contributed by atoms with E-state index in [2.05, 4.69) is 16.3 Å². The fraction of sp³-hybridized carbons (Fsp3) is 0.636. The normalized spacial score (nSPS) is 31.0. The van der Waals surface area contributed by atoms with E-state index in [-0.39, 0.29) is 17.4 Å². The van der Waals surface area contributed by atoms with Crippen LogP contribution in [-0.4, -0.2) is 59.6 Å². The molecule has 0 aliphatic carbocycles. The van der Waals surface area contributed by atoms with E-state index >= 15 is 0 Å². The summed E-state index contributed by atoms with van der Waals surface area (Å²) < 4.78 is 5.28. The lowest BCUT2D eigenvalue weighted by Gasteiger charge is -2.46. The molecule has 3 fully saturated rings. The number of para-hydroxylation sites is 1. The highest BCUT2D eigenvalue weighted by Gasteiger charge is 2.51. The SMILES string of the molecule is CCOC(=O)N1C2CCC1CC(N1CCC3(CC1)C(=O)Nc1ccccc13)C2. The van der Waals surface area contributed by atoms with Crippen LogP contribution in [0.5, 0.6) is 0 Å². The highest BCUT2D eigenvalue weighted by atomic mass is 16.6. The number of nitrogens with zero attached hydrogens (tertiary/aromatic N) is 2. The first-order valence-corrected chi connectivity index (χ1v) is 10.7. The van der Waals surface area contributed by atoms with Crippen molar-refractivity contribution in [3.8, 4) is 0 Å². The minimum atomic E-state index is -0.349. The third-order valence-corrected chi connectivity index (χ3v) is 7.48. The van der Waals surface area contributed by atoms with Gasteiger partial charge in [0.25, 0.3) is 0 Å². The second kappa shape index (κ2) is 6.76. The minimum absolute atomic E-state index is 0.134. The summed E-state index contributed by atoms with van der Waals surface area (Å²) in [6.45, 7) is 4.21. The Hall–Kier alpha value is -2.08. The van der Waals surface area contributed by atoms with Crippen LogP contribution >= 0.6 is 0 Å². The van der Waals surface area contributed by atoms with Gasteiger partial charge in [-0.15, -0.1) is 0 Å². The van der Waals surface area contributed by atoms with Crippen molar-refractivity contribution in [2.45, 2.75) is 69.0 Å². The molecular formula is C22H29N3O3. The third-order valence-electron chi connectivity index (χ3n) is 7.48. The number of hydrogen-bond acceptors (Lipinski definition) is 4. The van der Waals surface area contributed by atoms with Crippen LogP contribution in [0, 0.1) is 0 Å². The van der Waals surface area contributed by atoms with Gasteiger partial charge in [-0.2, -0.15) is 0 Å². The first kappa shape index (κ1) is 18.0. The molecule has 3 saturated heterocycles. The van der Waals surface area contributed by atoms with E-state index in [0.29, 0.717) is 24.7 Å². The predicted molar refractivity (Wildman–Crippen MR) is 106 cm³/mol. The number of rotatable bonds is 2. The molecule has 5 rings (SSSR count). The maximum atomic E-state index is 12.8. The molecule has 2 bridgehead atoms. The van der Waals surface area contributed by atoms with Gasteiger partial charge in [-0.1, -0.05) is 18.2 Å². The Morgan fingerprint density at radius 1 is 1.14 bits per heavy atom. The molecule has 1 N–H and O–H groups in total. The molecule has 6 nitrogen and oxygen atoms in total. The maximum absolute atomic E-state index is 12.8. The van der Waals surface area contributed by atoms with Crippen LogP contribution in [-0.2, 0) is 14.9 Å². The molecule has 4 heterocycles. The molecular weight excluding hydrogens is 354 g/mol. The molecule has 1 spiro atoms. The van der Waals surface area contributed by atoms with Crippen molar-refractivity contribution in [3.05, 3.63) is 29.8 Å². The number of likely N-dealkylation sites (tertiary alicyclic amines) is 1. The summed E-state index contributed by atoms with van der Waals surface area (Å²) in [7, 11) is 0. The molecule has 0 radical (unpaired) electrons. The first-order valence-electron chi connectivity index (χ1n) is 10.7. The molecule has 2 atom stereocenters. The molecule has 4 aliphatic heterocycles. The van der Waals surface area contributed by atoms with E-state index in [1.807, 2.05) is 30.0 Å². The molecule has 0 aromatic heterocycles. The molecule has 4 aliphatic rings. The van der Waals surface area contributed by atoms with Crippen molar-refractivity contribution in [2.24, 2.45) is 0 Å². The molecule has 1 aromatic carbocycles. The average molecular weight is 383 g/mol. The van der Waals surface area contributed by atoms with Crippen LogP contribution in [0.15, 0.2) is 24.3 Å². The number of carbonyl (C=O) groups is 2. The number of hydrogen-bond donors (Lipinski definition) is 1. The van der Waals surface area contributed by atoms with Crippen LogP contribution in [0.4, 0.5) is 10.5 Å². The van der Waals surface area contributed by atoms with Crippen LogP contribution in [0.1, 0.15) is 51.0 Å². The second-order valence-corrected chi connectivity index (χ2v) is 8.73. The molecule has 6 heteroatoms. The van der Waals surface area contributed by atoms with Gasteiger partial charge < -0.3 is 19.9 Å². The Bertz CT molecular complexity index is 773. The van der Waals surface area contributed by atoms with Crippen molar-refractivity contribution in [3.63, 3.8) is 0 Å². The second-order valence-electron chi connectivity index (χ2n) is 8.73. The summed E-state index contributed by atoms with van der Waals surface area (Å²) in [5.74, 6) is 0.172. The minimum Gasteiger partial charge on any atom is -0.450 e. The largest absolute Gasteiger partial charge is 0.450 e. The van der Waals surface area contributed by atoms with Crippen LogP contribution in [0.25, 0.3) is 0 Å². The molecule has 28 heavy (non-hydrogen) atoms. The summed E-state index contributed by atoms with van der Waals surface area (Å²) in [6.07, 6.45) is 5.87. The van der Waals surface area contributed by atoms with Crippen molar-refractivity contribution in [1.82, 2.24) is 9.80 Å². The summed E-state index contributed by atoms with van der Waals surface area (Å²) in [5.41, 5.74) is 1.82. The number of benzene rings is 1. The van der Waals surface area contributed by atoms with Gasteiger partial charge in [0.2, 0.25) is 5.91 Å². The lowest BCUT2D eigenvalue weighted by Crippen LogP contribution is -2.56. The van der Waals surface area contributed by atoms with E-state index < -0.39 is 0 Å². The highest BCUT2D eigenvalue weighted by molar-refractivity contribution is 6.06. The summed E-state index contributed by atoms with van der Waals surface area (Å²) in [5, 5.41) is 3.09. The monoisotopic (exact) mass is 383 g/mol. The van der Waals surface area contributed by atoms with E-state index in [9.17, 15) is 9.59 Å². The van der Waals surface area contributed by atoms with E-state index in [1.54, 1.807) is 0 Å². The van der Waals surface area contributed by atoms with E-state index in [4.69, 9.17) is 4.74 Å². The summed E-state index contributed by atoms with van der Waals surface area (Å²) >= 11 is 0. The van der Waals surface area contributed by atoms with Gasteiger partial charge >= 0.3 is 6.09 Å². The Morgan fingerprint density at radius 2 is 1.82 bits per heavy atom. The lowest BCUT2D eigenvalue weighted by atomic mass is 9.73. The van der Waals surface area contributed by atoms with Gasteiger partial charge in [-0.3, -0.25) is 4.79 Å². The summed E-state index contributed by atoms with van der Waals surface area (Å²) in [4.78, 5) is 29.7. The van der Waals surface area contributed by atoms with Crippen molar-refractivity contribution in [2.75, 3.05) is 25.0 Å². The third kappa shape index (κ3) is 2.65. The number of ether oxygens (including phenoxy) is 1. The average Bonchev–Trinajstić information content (AvgIpc) is 3.13. The lowest BCUT2D eigenvalue weighted by molar-refractivity contribution is -0.123. The first-order chi connectivity index (χ1) is 13.6. The molecule has 150 valence electrons. The number of anilines is 1. The molecule has 1 aromatic rings. The number of fused-ring (bicyclic) bond motifs is 4.